The van der Waals surface area contributed by atoms with Crippen LogP contribution in [0.15, 0.2) is 48.2 Å². The molecule has 0 bridgehead atoms. The second-order valence-corrected chi connectivity index (χ2v) is 7.03. The predicted molar refractivity (Wildman–Crippen MR) is 94.8 cm³/mol. The summed E-state index contributed by atoms with van der Waals surface area (Å²) in [5.41, 5.74) is 0.495. The van der Waals surface area contributed by atoms with Crippen molar-refractivity contribution in [2.45, 2.75) is 24.7 Å². The zero-order chi connectivity index (χ0) is 19.0. The van der Waals surface area contributed by atoms with E-state index < -0.39 is 24.2 Å². The molecule has 2 atom stereocenters. The van der Waals surface area contributed by atoms with Gasteiger partial charge < -0.3 is 10.6 Å². The molecule has 6 nitrogen and oxygen atoms in total. The standard InChI is InChI=1S/C17H14F3N5OS/c18-17(19,20)14-7-12(13-4-2-6-27-13)24-15-11(9-22-25(14)15)16(26)23-10-3-1-5-21-8-10/h1-6,8-9,12,14,24H,7H2,(H,23,26)/t12-,14+/m1/s1. The summed E-state index contributed by atoms with van der Waals surface area (Å²) in [5, 5.41) is 11.3. The molecular formula is C17H14F3N5OS. The van der Waals surface area contributed by atoms with Gasteiger partial charge >= 0.3 is 6.18 Å². The van der Waals surface area contributed by atoms with Crippen molar-refractivity contribution < 1.29 is 18.0 Å². The molecule has 1 amide bonds. The summed E-state index contributed by atoms with van der Waals surface area (Å²) in [7, 11) is 0. The van der Waals surface area contributed by atoms with Crippen LogP contribution in [0.5, 0.6) is 0 Å². The van der Waals surface area contributed by atoms with E-state index >= 15 is 0 Å². The van der Waals surface area contributed by atoms with Gasteiger partial charge in [0.15, 0.2) is 6.04 Å². The van der Waals surface area contributed by atoms with Gasteiger partial charge in [-0.3, -0.25) is 9.78 Å². The van der Waals surface area contributed by atoms with E-state index in [9.17, 15) is 18.0 Å². The van der Waals surface area contributed by atoms with E-state index in [1.165, 1.54) is 17.5 Å². The zero-order valence-corrected chi connectivity index (χ0v) is 14.6. The quantitative estimate of drug-likeness (QED) is 0.698. The summed E-state index contributed by atoms with van der Waals surface area (Å²) in [6.45, 7) is 0. The van der Waals surface area contributed by atoms with Gasteiger partial charge in [-0.2, -0.15) is 18.3 Å². The molecule has 140 valence electrons. The number of amides is 1. The summed E-state index contributed by atoms with van der Waals surface area (Å²) in [4.78, 5) is 17.3. The Hall–Kier alpha value is -2.88. The van der Waals surface area contributed by atoms with Crippen molar-refractivity contribution in [2.75, 3.05) is 10.6 Å². The van der Waals surface area contributed by atoms with Crippen molar-refractivity contribution in [3.8, 4) is 0 Å². The number of hydrogen-bond acceptors (Lipinski definition) is 5. The van der Waals surface area contributed by atoms with Crippen LogP contribution < -0.4 is 10.6 Å². The second kappa shape index (κ2) is 6.69. The van der Waals surface area contributed by atoms with Crippen LogP contribution in [0.25, 0.3) is 0 Å². The van der Waals surface area contributed by atoms with Gasteiger partial charge in [-0.25, -0.2) is 4.68 Å². The molecule has 0 spiro atoms. The average Bonchev–Trinajstić information content (AvgIpc) is 3.30. The molecule has 0 saturated carbocycles. The predicted octanol–water partition coefficient (Wildman–Crippen LogP) is 4.25. The number of aromatic nitrogens is 3. The van der Waals surface area contributed by atoms with E-state index in [0.717, 1.165) is 15.8 Å². The van der Waals surface area contributed by atoms with Gasteiger partial charge in [-0.05, 0) is 23.6 Å². The average molecular weight is 393 g/mol. The molecule has 0 radical (unpaired) electrons. The molecule has 1 aliphatic rings. The number of thiophene rings is 1. The number of carbonyl (C=O) groups is 1. The summed E-state index contributed by atoms with van der Waals surface area (Å²) < 4.78 is 41.6. The van der Waals surface area contributed by atoms with Crippen molar-refractivity contribution in [1.29, 1.82) is 0 Å². The minimum atomic E-state index is -4.48. The lowest BCUT2D eigenvalue weighted by Gasteiger charge is -2.33. The molecule has 0 fully saturated rings. The molecule has 3 aromatic heterocycles. The van der Waals surface area contributed by atoms with Crippen LogP contribution in [0, 0.1) is 0 Å². The van der Waals surface area contributed by atoms with Crippen molar-refractivity contribution >= 4 is 28.7 Å². The molecule has 0 saturated heterocycles. The fourth-order valence-electron chi connectivity index (χ4n) is 3.04. The maximum atomic E-state index is 13.6. The van der Waals surface area contributed by atoms with Gasteiger partial charge in [0.2, 0.25) is 0 Å². The van der Waals surface area contributed by atoms with Gasteiger partial charge in [0.05, 0.1) is 24.1 Å². The van der Waals surface area contributed by atoms with Crippen LogP contribution in [-0.2, 0) is 0 Å². The number of halogens is 3. The second-order valence-electron chi connectivity index (χ2n) is 6.05. The summed E-state index contributed by atoms with van der Waals surface area (Å²) in [5.74, 6) is -0.493. The minimum Gasteiger partial charge on any atom is -0.362 e. The maximum absolute atomic E-state index is 13.6. The third-order valence-electron chi connectivity index (χ3n) is 4.29. The van der Waals surface area contributed by atoms with Crippen LogP contribution in [0.1, 0.15) is 33.7 Å². The van der Waals surface area contributed by atoms with Crippen LogP contribution in [0.4, 0.5) is 24.7 Å². The first-order valence-corrected chi connectivity index (χ1v) is 8.97. The molecular weight excluding hydrogens is 379 g/mol. The number of nitrogens with one attached hydrogen (secondary N) is 2. The Morgan fingerprint density at radius 1 is 1.30 bits per heavy atom. The molecule has 0 aliphatic carbocycles. The number of hydrogen-bond donors (Lipinski definition) is 2. The molecule has 0 aromatic carbocycles. The third kappa shape index (κ3) is 3.39. The summed E-state index contributed by atoms with van der Waals surface area (Å²) in [6.07, 6.45) is -0.506. The normalized spacial score (nSPS) is 19.2. The third-order valence-corrected chi connectivity index (χ3v) is 5.28. The highest BCUT2D eigenvalue weighted by molar-refractivity contribution is 7.10. The molecule has 10 heteroatoms. The van der Waals surface area contributed by atoms with Crippen LogP contribution in [0.3, 0.4) is 0 Å². The number of anilines is 2. The molecule has 0 unspecified atom stereocenters. The number of fused-ring (bicyclic) bond motifs is 1. The number of rotatable bonds is 3. The van der Waals surface area contributed by atoms with E-state index in [-0.39, 0.29) is 17.8 Å². The number of carbonyl (C=O) groups excluding carboxylic acids is 1. The Morgan fingerprint density at radius 3 is 2.81 bits per heavy atom. The minimum absolute atomic E-state index is 0.0503. The largest absolute Gasteiger partial charge is 0.410 e. The van der Waals surface area contributed by atoms with E-state index in [4.69, 9.17) is 0 Å². The van der Waals surface area contributed by atoms with Crippen molar-refractivity contribution in [3.05, 3.63) is 58.7 Å². The SMILES string of the molecule is O=C(Nc1cccnc1)c1cnn2c1N[C@@H](c1cccs1)C[C@H]2C(F)(F)F. The number of pyridine rings is 1. The monoisotopic (exact) mass is 393 g/mol. The van der Waals surface area contributed by atoms with E-state index in [1.54, 1.807) is 30.5 Å². The molecule has 27 heavy (non-hydrogen) atoms. The summed E-state index contributed by atoms with van der Waals surface area (Å²) >= 11 is 1.37. The highest BCUT2D eigenvalue weighted by atomic mass is 32.1. The van der Waals surface area contributed by atoms with Gasteiger partial charge in [-0.1, -0.05) is 6.07 Å². The fraction of sp³-hybridized carbons (Fsp3) is 0.235. The van der Waals surface area contributed by atoms with Crippen molar-refractivity contribution in [1.82, 2.24) is 14.8 Å². The maximum Gasteiger partial charge on any atom is 0.410 e. The summed E-state index contributed by atoms with van der Waals surface area (Å²) in [6, 6.07) is 4.49. The Balaban J connectivity index is 1.69. The first-order valence-electron chi connectivity index (χ1n) is 8.09. The highest BCUT2D eigenvalue weighted by Crippen LogP contribution is 2.45. The topological polar surface area (TPSA) is 71.8 Å². The Labute approximate surface area is 156 Å². The molecule has 3 aromatic rings. The van der Waals surface area contributed by atoms with Gasteiger partial charge in [0, 0.05) is 17.5 Å². The van der Waals surface area contributed by atoms with E-state index in [1.807, 2.05) is 5.38 Å². The fourth-order valence-corrected chi connectivity index (χ4v) is 3.83. The lowest BCUT2D eigenvalue weighted by atomic mass is 10.0. The number of alkyl halides is 3. The van der Waals surface area contributed by atoms with Crippen molar-refractivity contribution in [2.24, 2.45) is 0 Å². The van der Waals surface area contributed by atoms with Gasteiger partial charge in [-0.15, -0.1) is 11.3 Å². The zero-order valence-electron chi connectivity index (χ0n) is 13.8. The van der Waals surface area contributed by atoms with Gasteiger partial charge in [0.1, 0.15) is 11.4 Å². The number of nitrogens with zero attached hydrogens (tertiary/aromatic N) is 3. The van der Waals surface area contributed by atoms with Crippen LogP contribution in [0.2, 0.25) is 0 Å². The molecule has 1 aliphatic heterocycles. The Morgan fingerprint density at radius 2 is 2.15 bits per heavy atom. The highest BCUT2D eigenvalue weighted by Gasteiger charge is 2.47. The molecule has 2 N–H and O–H groups in total. The molecule has 4 heterocycles. The first-order chi connectivity index (χ1) is 12.9. The van der Waals surface area contributed by atoms with Crippen molar-refractivity contribution in [3.63, 3.8) is 0 Å². The lowest BCUT2D eigenvalue weighted by molar-refractivity contribution is -0.173. The molecule has 4 rings (SSSR count). The van der Waals surface area contributed by atoms with Crippen LogP contribution in [-0.4, -0.2) is 26.8 Å². The van der Waals surface area contributed by atoms with E-state index in [0.29, 0.717) is 5.69 Å². The van der Waals surface area contributed by atoms with E-state index in [2.05, 4.69) is 20.7 Å². The van der Waals surface area contributed by atoms with Gasteiger partial charge in [0.25, 0.3) is 5.91 Å². The Kier molecular flexibility index (Phi) is 4.34. The van der Waals surface area contributed by atoms with Crippen LogP contribution >= 0.6 is 11.3 Å². The lowest BCUT2D eigenvalue weighted by Crippen LogP contribution is -2.36. The smallest absolute Gasteiger partial charge is 0.362 e. The first kappa shape index (κ1) is 17.5. The Bertz CT molecular complexity index is 939.